The Morgan fingerprint density at radius 3 is 2.63 bits per heavy atom. The number of nitrogens with zero attached hydrogens (tertiary/aromatic N) is 2. The molecule has 0 unspecified atom stereocenters. The summed E-state index contributed by atoms with van der Waals surface area (Å²) in [7, 11) is 0. The van der Waals surface area contributed by atoms with Gasteiger partial charge in [-0.2, -0.15) is 13.2 Å². The van der Waals surface area contributed by atoms with Crippen molar-refractivity contribution in [2.45, 2.75) is 24.8 Å². The Bertz CT molecular complexity index is 836. The van der Waals surface area contributed by atoms with Gasteiger partial charge in [-0.3, -0.25) is 9.69 Å². The van der Waals surface area contributed by atoms with E-state index in [1.807, 2.05) is 4.90 Å². The summed E-state index contributed by atoms with van der Waals surface area (Å²) in [6.07, 6.45) is -3.12. The lowest BCUT2D eigenvalue weighted by molar-refractivity contribution is -0.185. The van der Waals surface area contributed by atoms with Gasteiger partial charge in [0, 0.05) is 31.6 Å². The lowest BCUT2D eigenvalue weighted by atomic mass is 10.0. The van der Waals surface area contributed by atoms with Crippen molar-refractivity contribution < 1.29 is 27.4 Å². The topological polar surface area (TPSA) is 79.5 Å². The van der Waals surface area contributed by atoms with Gasteiger partial charge in [0.05, 0.1) is 30.8 Å². The van der Waals surface area contributed by atoms with Crippen LogP contribution in [0.5, 0.6) is 0 Å². The number of benzene rings is 1. The molecule has 1 amide bonds. The Morgan fingerprint density at radius 1 is 1.26 bits per heavy atom. The van der Waals surface area contributed by atoms with E-state index >= 15 is 0 Å². The van der Waals surface area contributed by atoms with E-state index in [0.29, 0.717) is 44.8 Å². The molecule has 3 heterocycles. The number of rotatable bonds is 3. The number of carbonyl (C=O) groups excluding carboxylic acids is 1. The molecule has 0 radical (unpaired) electrons. The zero-order valence-corrected chi connectivity index (χ0v) is 14.4. The molecular weight excluding hydrogens is 365 g/mol. The number of likely N-dealkylation sites (tertiary alicyclic amines) is 1. The second-order valence-corrected chi connectivity index (χ2v) is 6.75. The highest BCUT2D eigenvalue weighted by Gasteiger charge is 2.40. The molecule has 2 fully saturated rings. The maximum atomic E-state index is 12.7. The monoisotopic (exact) mass is 384 g/mol. The van der Waals surface area contributed by atoms with E-state index in [-0.39, 0.29) is 23.5 Å². The summed E-state index contributed by atoms with van der Waals surface area (Å²) in [5.41, 5.74) is 0.828. The number of piperidine rings is 1. The number of nitrogens with one attached hydrogen (secondary N) is 2. The Hall–Kier alpha value is -2.17. The molecule has 2 saturated heterocycles. The van der Waals surface area contributed by atoms with Gasteiger partial charge < -0.3 is 19.8 Å². The van der Waals surface area contributed by atoms with Crippen LogP contribution in [0.25, 0.3) is 11.0 Å². The van der Waals surface area contributed by atoms with Crippen LogP contribution in [0.3, 0.4) is 0 Å². The molecule has 10 heteroatoms. The standard InChI is InChI=1S/C17H19F3N4O3/c18-17(19,20)15-22-12-2-1-11(9-13(12)23-15)21-14(25)10-24-5-3-16(4-6-24)26-7-8-27-16/h1-2,9H,3-8,10H2,(H,21,25)(H,22,23). The number of anilines is 1. The van der Waals surface area contributed by atoms with Gasteiger partial charge in [0.2, 0.25) is 11.7 Å². The Morgan fingerprint density at radius 2 is 1.96 bits per heavy atom. The van der Waals surface area contributed by atoms with E-state index in [1.165, 1.54) is 18.2 Å². The highest BCUT2D eigenvalue weighted by molar-refractivity contribution is 5.94. The van der Waals surface area contributed by atoms with Crippen molar-refractivity contribution in [1.82, 2.24) is 14.9 Å². The van der Waals surface area contributed by atoms with Crippen molar-refractivity contribution >= 4 is 22.6 Å². The number of hydrogen-bond acceptors (Lipinski definition) is 5. The summed E-state index contributed by atoms with van der Waals surface area (Å²) in [6, 6.07) is 4.42. The molecule has 1 aromatic carbocycles. The lowest BCUT2D eigenvalue weighted by Gasteiger charge is -2.37. The Kier molecular flexibility index (Phi) is 4.57. The minimum Gasteiger partial charge on any atom is -0.347 e. The predicted molar refractivity (Wildman–Crippen MR) is 90.0 cm³/mol. The molecule has 4 rings (SSSR count). The number of imidazole rings is 1. The first kappa shape index (κ1) is 18.2. The Labute approximate surface area is 152 Å². The first-order valence-corrected chi connectivity index (χ1v) is 8.70. The average Bonchev–Trinajstić information content (AvgIpc) is 3.23. The van der Waals surface area contributed by atoms with Crippen LogP contribution in [0.2, 0.25) is 0 Å². The van der Waals surface area contributed by atoms with Crippen LogP contribution in [0.1, 0.15) is 18.7 Å². The largest absolute Gasteiger partial charge is 0.449 e. The second-order valence-electron chi connectivity index (χ2n) is 6.75. The second kappa shape index (κ2) is 6.77. The van der Waals surface area contributed by atoms with Gasteiger partial charge in [0.1, 0.15) is 0 Å². The smallest absolute Gasteiger partial charge is 0.347 e. The van der Waals surface area contributed by atoms with Crippen molar-refractivity contribution in [2.75, 3.05) is 38.2 Å². The van der Waals surface area contributed by atoms with Crippen LogP contribution in [-0.2, 0) is 20.4 Å². The van der Waals surface area contributed by atoms with E-state index in [9.17, 15) is 18.0 Å². The minimum atomic E-state index is -4.54. The van der Waals surface area contributed by atoms with Crippen LogP contribution in [-0.4, -0.2) is 59.4 Å². The van der Waals surface area contributed by atoms with Crippen LogP contribution >= 0.6 is 0 Å². The van der Waals surface area contributed by atoms with Gasteiger partial charge in [0.15, 0.2) is 5.79 Å². The number of H-pyrrole nitrogens is 1. The molecule has 0 aliphatic carbocycles. The molecular formula is C17H19F3N4O3. The highest BCUT2D eigenvalue weighted by Crippen LogP contribution is 2.31. The average molecular weight is 384 g/mol. The predicted octanol–water partition coefficient (Wildman–Crippen LogP) is 2.36. The first-order valence-electron chi connectivity index (χ1n) is 8.70. The van der Waals surface area contributed by atoms with Crippen LogP contribution in [0, 0.1) is 0 Å². The first-order chi connectivity index (χ1) is 12.8. The third-order valence-electron chi connectivity index (χ3n) is 4.83. The van der Waals surface area contributed by atoms with E-state index in [0.717, 1.165) is 0 Å². The molecule has 2 aliphatic rings. The number of aromatic amines is 1. The van der Waals surface area contributed by atoms with E-state index in [4.69, 9.17) is 9.47 Å². The molecule has 0 atom stereocenters. The number of ether oxygens (including phenoxy) is 2. The van der Waals surface area contributed by atoms with Crippen molar-refractivity contribution in [3.05, 3.63) is 24.0 Å². The van der Waals surface area contributed by atoms with E-state index in [1.54, 1.807) is 0 Å². The quantitative estimate of drug-likeness (QED) is 0.849. The van der Waals surface area contributed by atoms with Crippen LogP contribution < -0.4 is 5.32 Å². The third kappa shape index (κ3) is 3.92. The molecule has 27 heavy (non-hydrogen) atoms. The lowest BCUT2D eigenvalue weighted by Crippen LogP contribution is -2.47. The summed E-state index contributed by atoms with van der Waals surface area (Å²) in [6.45, 7) is 2.77. The van der Waals surface area contributed by atoms with Gasteiger partial charge in [-0.15, -0.1) is 0 Å². The number of amides is 1. The summed E-state index contributed by atoms with van der Waals surface area (Å²) in [4.78, 5) is 20.0. The highest BCUT2D eigenvalue weighted by atomic mass is 19.4. The number of halogens is 3. The maximum Gasteiger partial charge on any atom is 0.449 e. The zero-order chi connectivity index (χ0) is 19.1. The molecule has 2 aliphatic heterocycles. The minimum absolute atomic E-state index is 0.193. The molecule has 0 bridgehead atoms. The summed E-state index contributed by atoms with van der Waals surface area (Å²) < 4.78 is 49.5. The van der Waals surface area contributed by atoms with Crippen LogP contribution in [0.15, 0.2) is 18.2 Å². The van der Waals surface area contributed by atoms with Gasteiger partial charge >= 0.3 is 6.18 Å². The number of carbonyl (C=O) groups is 1. The number of hydrogen-bond donors (Lipinski definition) is 2. The van der Waals surface area contributed by atoms with Crippen LogP contribution in [0.4, 0.5) is 18.9 Å². The molecule has 2 aromatic rings. The van der Waals surface area contributed by atoms with Gasteiger partial charge in [-0.25, -0.2) is 4.98 Å². The summed E-state index contributed by atoms with van der Waals surface area (Å²) in [5, 5.41) is 2.72. The van der Waals surface area contributed by atoms with Gasteiger partial charge in [0.25, 0.3) is 0 Å². The van der Waals surface area contributed by atoms with Crippen molar-refractivity contribution in [1.29, 1.82) is 0 Å². The maximum absolute atomic E-state index is 12.7. The van der Waals surface area contributed by atoms with Crippen molar-refractivity contribution in [3.8, 4) is 0 Å². The third-order valence-corrected chi connectivity index (χ3v) is 4.83. The van der Waals surface area contributed by atoms with E-state index in [2.05, 4.69) is 15.3 Å². The van der Waals surface area contributed by atoms with Gasteiger partial charge in [-0.1, -0.05) is 0 Å². The summed E-state index contributed by atoms with van der Waals surface area (Å²) >= 11 is 0. The molecule has 7 nitrogen and oxygen atoms in total. The van der Waals surface area contributed by atoms with Crippen molar-refractivity contribution in [2.24, 2.45) is 0 Å². The molecule has 146 valence electrons. The summed E-state index contributed by atoms with van der Waals surface area (Å²) in [5.74, 6) is -1.77. The fraction of sp³-hybridized carbons (Fsp3) is 0.529. The van der Waals surface area contributed by atoms with E-state index < -0.39 is 17.8 Å². The number of alkyl halides is 3. The number of aromatic nitrogens is 2. The molecule has 1 spiro atoms. The fourth-order valence-electron chi connectivity index (χ4n) is 3.46. The van der Waals surface area contributed by atoms with Crippen molar-refractivity contribution in [3.63, 3.8) is 0 Å². The zero-order valence-electron chi connectivity index (χ0n) is 14.4. The normalized spacial score (nSPS) is 20.4. The SMILES string of the molecule is O=C(CN1CCC2(CC1)OCCO2)Nc1ccc2nc(C(F)(F)F)[nH]c2c1. The molecule has 0 saturated carbocycles. The Balaban J connectivity index is 1.35. The number of fused-ring (bicyclic) bond motifs is 1. The molecule has 1 aromatic heterocycles. The van der Waals surface area contributed by atoms with Gasteiger partial charge in [-0.05, 0) is 18.2 Å². The fourth-order valence-corrected chi connectivity index (χ4v) is 3.46. The molecule has 2 N–H and O–H groups in total.